The maximum atomic E-state index is 5.84. The largest absolute Gasteiger partial charge is 0.381 e. The van der Waals surface area contributed by atoms with E-state index in [1.165, 1.54) is 0 Å². The highest BCUT2D eigenvalue weighted by Gasteiger charge is 2.19. The van der Waals surface area contributed by atoms with E-state index in [4.69, 9.17) is 10.5 Å². The van der Waals surface area contributed by atoms with Crippen molar-refractivity contribution >= 4 is 0 Å². The first-order valence-corrected chi connectivity index (χ1v) is 5.85. The predicted molar refractivity (Wildman–Crippen MR) is 62.2 cm³/mol. The van der Waals surface area contributed by atoms with Gasteiger partial charge in [-0.2, -0.15) is 0 Å². The molecule has 0 aliphatic carbocycles. The number of nitrogens with zero attached hydrogens (tertiary/aromatic N) is 2. The Hall–Kier alpha value is -1.00. The van der Waals surface area contributed by atoms with Gasteiger partial charge in [-0.25, -0.2) is 9.97 Å². The average Bonchev–Trinajstić information content (AvgIpc) is 2.29. The van der Waals surface area contributed by atoms with Crippen molar-refractivity contribution in [1.82, 2.24) is 9.97 Å². The number of aryl methyl sites for hydroxylation is 1. The third-order valence-electron chi connectivity index (χ3n) is 3.11. The number of ether oxygens (including phenoxy) is 1. The van der Waals surface area contributed by atoms with Crippen molar-refractivity contribution in [3.05, 3.63) is 23.3 Å². The third kappa shape index (κ3) is 2.39. The van der Waals surface area contributed by atoms with Crippen molar-refractivity contribution in [2.75, 3.05) is 13.2 Å². The molecule has 1 aliphatic rings. The number of nitrogens with two attached hydrogens (primary N) is 1. The Morgan fingerprint density at radius 3 is 2.69 bits per heavy atom. The van der Waals surface area contributed by atoms with E-state index in [0.717, 1.165) is 43.1 Å². The Labute approximate surface area is 96.2 Å². The number of aromatic nitrogens is 2. The SMILES string of the molecule is Cc1nc(C2CCOCC2)ncc1C(C)N. The molecule has 4 nitrogen and oxygen atoms in total. The van der Waals surface area contributed by atoms with Crippen molar-refractivity contribution in [2.24, 2.45) is 5.73 Å². The first-order chi connectivity index (χ1) is 7.68. The van der Waals surface area contributed by atoms with Crippen LogP contribution in [0.5, 0.6) is 0 Å². The van der Waals surface area contributed by atoms with Crippen LogP contribution in [0.2, 0.25) is 0 Å². The van der Waals surface area contributed by atoms with Gasteiger partial charge in [0.05, 0.1) is 0 Å². The molecule has 0 aromatic carbocycles. The van der Waals surface area contributed by atoms with Gasteiger partial charge in [0.15, 0.2) is 0 Å². The normalized spacial score (nSPS) is 19.7. The predicted octanol–water partition coefficient (Wildman–Crippen LogP) is 1.70. The fraction of sp³-hybridized carbons (Fsp3) is 0.667. The van der Waals surface area contributed by atoms with Gasteiger partial charge >= 0.3 is 0 Å². The Morgan fingerprint density at radius 1 is 1.44 bits per heavy atom. The molecule has 88 valence electrons. The second kappa shape index (κ2) is 4.89. The molecule has 2 N–H and O–H groups in total. The van der Waals surface area contributed by atoms with E-state index in [1.54, 1.807) is 0 Å². The topological polar surface area (TPSA) is 61.0 Å². The quantitative estimate of drug-likeness (QED) is 0.825. The molecular weight excluding hydrogens is 202 g/mol. The Bertz CT molecular complexity index is 359. The molecule has 0 bridgehead atoms. The molecule has 1 aliphatic heterocycles. The maximum absolute atomic E-state index is 5.84. The first kappa shape index (κ1) is 11.5. The molecule has 1 saturated heterocycles. The van der Waals surface area contributed by atoms with Crippen molar-refractivity contribution in [3.63, 3.8) is 0 Å². The van der Waals surface area contributed by atoms with E-state index >= 15 is 0 Å². The summed E-state index contributed by atoms with van der Waals surface area (Å²) in [5.74, 6) is 1.40. The Morgan fingerprint density at radius 2 is 2.12 bits per heavy atom. The highest BCUT2D eigenvalue weighted by Crippen LogP contribution is 2.25. The second-order valence-electron chi connectivity index (χ2n) is 4.44. The van der Waals surface area contributed by atoms with E-state index < -0.39 is 0 Å². The standard InChI is InChI=1S/C12H19N3O/c1-8(13)11-7-14-12(15-9(11)2)10-3-5-16-6-4-10/h7-8,10H,3-6,13H2,1-2H3. The van der Waals surface area contributed by atoms with E-state index in [9.17, 15) is 0 Å². The summed E-state index contributed by atoms with van der Waals surface area (Å²) in [6.07, 6.45) is 3.92. The first-order valence-electron chi connectivity index (χ1n) is 5.85. The molecule has 0 radical (unpaired) electrons. The summed E-state index contributed by atoms with van der Waals surface area (Å²) < 4.78 is 5.34. The van der Waals surface area contributed by atoms with Crippen LogP contribution in [-0.4, -0.2) is 23.2 Å². The number of rotatable bonds is 2. The highest BCUT2D eigenvalue weighted by atomic mass is 16.5. The lowest BCUT2D eigenvalue weighted by atomic mass is 9.99. The van der Waals surface area contributed by atoms with Crippen LogP contribution in [0.25, 0.3) is 0 Å². The van der Waals surface area contributed by atoms with Crippen LogP contribution >= 0.6 is 0 Å². The van der Waals surface area contributed by atoms with Crippen LogP contribution in [0.1, 0.15) is 48.8 Å². The van der Waals surface area contributed by atoms with Crippen LogP contribution in [0.3, 0.4) is 0 Å². The van der Waals surface area contributed by atoms with Gasteiger partial charge in [0.25, 0.3) is 0 Å². The number of hydrogen-bond acceptors (Lipinski definition) is 4. The summed E-state index contributed by atoms with van der Waals surface area (Å²) in [6.45, 7) is 5.60. The van der Waals surface area contributed by atoms with Gasteiger partial charge in [0.1, 0.15) is 5.82 Å². The van der Waals surface area contributed by atoms with Gasteiger partial charge in [-0.1, -0.05) is 0 Å². The molecule has 1 fully saturated rings. The van der Waals surface area contributed by atoms with E-state index in [2.05, 4.69) is 9.97 Å². The molecule has 0 saturated carbocycles. The van der Waals surface area contributed by atoms with E-state index in [1.807, 2.05) is 20.0 Å². The molecule has 1 unspecified atom stereocenters. The van der Waals surface area contributed by atoms with E-state index in [0.29, 0.717) is 5.92 Å². The van der Waals surface area contributed by atoms with Crippen molar-refractivity contribution in [3.8, 4) is 0 Å². The fourth-order valence-electron chi connectivity index (χ4n) is 2.09. The lowest BCUT2D eigenvalue weighted by molar-refractivity contribution is 0.0835. The summed E-state index contributed by atoms with van der Waals surface area (Å²) in [5, 5.41) is 0. The molecule has 1 atom stereocenters. The smallest absolute Gasteiger partial charge is 0.131 e. The monoisotopic (exact) mass is 221 g/mol. The van der Waals surface area contributed by atoms with E-state index in [-0.39, 0.29) is 6.04 Å². The van der Waals surface area contributed by atoms with Gasteiger partial charge in [0, 0.05) is 42.6 Å². The zero-order valence-electron chi connectivity index (χ0n) is 9.94. The lowest BCUT2D eigenvalue weighted by Gasteiger charge is -2.21. The van der Waals surface area contributed by atoms with Crippen molar-refractivity contribution in [2.45, 2.75) is 38.6 Å². The third-order valence-corrected chi connectivity index (χ3v) is 3.11. The zero-order chi connectivity index (χ0) is 11.5. The molecule has 2 rings (SSSR count). The van der Waals surface area contributed by atoms with Crippen LogP contribution in [0.4, 0.5) is 0 Å². The summed E-state index contributed by atoms with van der Waals surface area (Å²) in [5.41, 5.74) is 7.89. The molecule has 1 aromatic heterocycles. The van der Waals surface area contributed by atoms with Gasteiger partial charge in [-0.05, 0) is 26.7 Å². The van der Waals surface area contributed by atoms with Crippen LogP contribution in [0, 0.1) is 6.92 Å². The van der Waals surface area contributed by atoms with Crippen LogP contribution in [-0.2, 0) is 4.74 Å². The summed E-state index contributed by atoms with van der Waals surface area (Å²) in [7, 11) is 0. The molecule has 4 heteroatoms. The second-order valence-corrected chi connectivity index (χ2v) is 4.44. The minimum Gasteiger partial charge on any atom is -0.381 e. The lowest BCUT2D eigenvalue weighted by Crippen LogP contribution is -2.18. The molecule has 0 spiro atoms. The van der Waals surface area contributed by atoms with Gasteiger partial charge in [-0.15, -0.1) is 0 Å². The van der Waals surface area contributed by atoms with Crippen LogP contribution in [0.15, 0.2) is 6.20 Å². The van der Waals surface area contributed by atoms with Crippen molar-refractivity contribution < 1.29 is 4.74 Å². The fourth-order valence-corrected chi connectivity index (χ4v) is 2.09. The summed E-state index contributed by atoms with van der Waals surface area (Å²) in [6, 6.07) is 0.00346. The summed E-state index contributed by atoms with van der Waals surface area (Å²) >= 11 is 0. The van der Waals surface area contributed by atoms with Gasteiger partial charge < -0.3 is 10.5 Å². The molecular formula is C12H19N3O. The average molecular weight is 221 g/mol. The Kier molecular flexibility index (Phi) is 3.51. The Balaban J connectivity index is 2.19. The zero-order valence-corrected chi connectivity index (χ0v) is 9.94. The van der Waals surface area contributed by atoms with Gasteiger partial charge in [-0.3, -0.25) is 0 Å². The minimum atomic E-state index is 0.00346. The molecule has 2 heterocycles. The van der Waals surface area contributed by atoms with Crippen molar-refractivity contribution in [1.29, 1.82) is 0 Å². The summed E-state index contributed by atoms with van der Waals surface area (Å²) in [4.78, 5) is 9.01. The highest BCUT2D eigenvalue weighted by molar-refractivity contribution is 5.20. The maximum Gasteiger partial charge on any atom is 0.131 e. The van der Waals surface area contributed by atoms with Gasteiger partial charge in [0.2, 0.25) is 0 Å². The minimum absolute atomic E-state index is 0.00346. The van der Waals surface area contributed by atoms with Crippen LogP contribution < -0.4 is 5.73 Å². The molecule has 16 heavy (non-hydrogen) atoms. The number of hydrogen-bond donors (Lipinski definition) is 1. The molecule has 0 amide bonds. The molecule has 1 aromatic rings.